The number of likely N-dealkylation sites (tertiary alicyclic amines) is 1. The number of alkyl halides is 2. The van der Waals surface area contributed by atoms with Crippen molar-refractivity contribution in [2.45, 2.75) is 57.7 Å². The van der Waals surface area contributed by atoms with Gasteiger partial charge in [-0.15, -0.1) is 0 Å². The Labute approximate surface area is 207 Å². The standard InChI is InChI=1S/C26H28F3N5O2/c1-16(2)18-10-11-19(31-25(18)29)23(17-7-4-3-5-8-17)32-26(36)21-9-6-14-33(21)22(35)15-34-20(24(27)28)12-13-30-34/h3-5,7-8,10-13,16,21,23-24H,6,9,14-15H2,1-2H3,(H,32,36)/t21-,23-/m0/s1. The van der Waals surface area contributed by atoms with E-state index < -0.39 is 36.3 Å². The van der Waals surface area contributed by atoms with Crippen molar-refractivity contribution in [3.8, 4) is 0 Å². The van der Waals surface area contributed by atoms with Gasteiger partial charge in [-0.05, 0) is 36.5 Å². The molecule has 0 spiro atoms. The van der Waals surface area contributed by atoms with Gasteiger partial charge in [0.25, 0.3) is 6.43 Å². The summed E-state index contributed by atoms with van der Waals surface area (Å²) in [5, 5.41) is 6.76. The number of amides is 2. The lowest BCUT2D eigenvalue weighted by Gasteiger charge is -2.27. The number of halogens is 3. The number of hydrogen-bond donors (Lipinski definition) is 1. The molecule has 0 radical (unpaired) electrons. The zero-order chi connectivity index (χ0) is 25.8. The minimum Gasteiger partial charge on any atom is -0.342 e. The Hall–Kier alpha value is -3.69. The van der Waals surface area contributed by atoms with Gasteiger partial charge in [0, 0.05) is 18.3 Å². The molecule has 1 aliphatic rings. The quantitative estimate of drug-likeness (QED) is 0.467. The Morgan fingerprint density at radius 3 is 2.53 bits per heavy atom. The van der Waals surface area contributed by atoms with E-state index >= 15 is 0 Å². The fraction of sp³-hybridized carbons (Fsp3) is 0.385. The van der Waals surface area contributed by atoms with Crippen LogP contribution in [0, 0.1) is 5.95 Å². The summed E-state index contributed by atoms with van der Waals surface area (Å²) in [6, 6.07) is 12.1. The van der Waals surface area contributed by atoms with E-state index in [0.29, 0.717) is 36.2 Å². The van der Waals surface area contributed by atoms with E-state index in [1.807, 2.05) is 44.2 Å². The monoisotopic (exact) mass is 499 g/mol. The van der Waals surface area contributed by atoms with Gasteiger partial charge in [-0.3, -0.25) is 14.3 Å². The second kappa shape index (κ2) is 10.9. The Balaban J connectivity index is 1.55. The van der Waals surface area contributed by atoms with Crippen LogP contribution in [-0.4, -0.2) is 44.1 Å². The molecule has 2 amide bonds. The van der Waals surface area contributed by atoms with Crippen LogP contribution in [0.25, 0.3) is 0 Å². The Bertz CT molecular complexity index is 1220. The molecule has 1 saturated heterocycles. The predicted molar refractivity (Wildman–Crippen MR) is 127 cm³/mol. The van der Waals surface area contributed by atoms with Crippen molar-refractivity contribution < 1.29 is 22.8 Å². The fourth-order valence-electron chi connectivity index (χ4n) is 4.48. The smallest absolute Gasteiger partial charge is 0.280 e. The zero-order valence-corrected chi connectivity index (χ0v) is 20.1. The molecule has 1 fully saturated rings. The highest BCUT2D eigenvalue weighted by Crippen LogP contribution is 2.26. The lowest BCUT2D eigenvalue weighted by Crippen LogP contribution is -2.48. The van der Waals surface area contributed by atoms with Crippen LogP contribution in [0.2, 0.25) is 0 Å². The molecule has 1 aliphatic heterocycles. The first-order valence-corrected chi connectivity index (χ1v) is 11.9. The third-order valence-electron chi connectivity index (χ3n) is 6.37. The van der Waals surface area contributed by atoms with E-state index in [9.17, 15) is 22.8 Å². The first-order chi connectivity index (χ1) is 17.3. The van der Waals surface area contributed by atoms with Gasteiger partial charge < -0.3 is 10.2 Å². The van der Waals surface area contributed by atoms with Crippen molar-refractivity contribution in [3.63, 3.8) is 0 Å². The first-order valence-electron chi connectivity index (χ1n) is 11.9. The molecular weight excluding hydrogens is 471 g/mol. The van der Waals surface area contributed by atoms with E-state index in [1.165, 1.54) is 11.1 Å². The molecule has 3 heterocycles. The summed E-state index contributed by atoms with van der Waals surface area (Å²) < 4.78 is 42.0. The molecule has 1 aromatic carbocycles. The average Bonchev–Trinajstić information content (AvgIpc) is 3.52. The number of aromatic nitrogens is 3. The van der Waals surface area contributed by atoms with Crippen LogP contribution in [0.5, 0.6) is 0 Å². The third-order valence-corrected chi connectivity index (χ3v) is 6.37. The summed E-state index contributed by atoms with van der Waals surface area (Å²) in [6.45, 7) is 3.68. The van der Waals surface area contributed by atoms with Gasteiger partial charge in [-0.1, -0.05) is 50.2 Å². The zero-order valence-electron chi connectivity index (χ0n) is 20.1. The van der Waals surface area contributed by atoms with Crippen molar-refractivity contribution in [1.29, 1.82) is 0 Å². The molecule has 2 atom stereocenters. The summed E-state index contributed by atoms with van der Waals surface area (Å²) >= 11 is 0. The maximum absolute atomic E-state index is 14.7. The van der Waals surface area contributed by atoms with Crippen molar-refractivity contribution in [2.75, 3.05) is 6.54 Å². The largest absolute Gasteiger partial charge is 0.342 e. The molecule has 4 rings (SSSR count). The number of carbonyl (C=O) groups excluding carboxylic acids is 2. The SMILES string of the molecule is CC(C)c1ccc([C@@H](NC(=O)[C@@H]2CCCN2C(=O)Cn2nccc2C(F)F)c2ccccc2)nc1F. The molecule has 10 heteroatoms. The van der Waals surface area contributed by atoms with Gasteiger partial charge in [0.1, 0.15) is 18.3 Å². The van der Waals surface area contributed by atoms with Crippen LogP contribution in [0.4, 0.5) is 13.2 Å². The van der Waals surface area contributed by atoms with Gasteiger partial charge in [-0.2, -0.15) is 9.49 Å². The molecule has 3 aromatic rings. The van der Waals surface area contributed by atoms with E-state index in [0.717, 1.165) is 10.7 Å². The highest BCUT2D eigenvalue weighted by Gasteiger charge is 2.36. The summed E-state index contributed by atoms with van der Waals surface area (Å²) in [7, 11) is 0. The summed E-state index contributed by atoms with van der Waals surface area (Å²) in [5.41, 5.74) is 1.17. The lowest BCUT2D eigenvalue weighted by atomic mass is 9.99. The molecule has 1 N–H and O–H groups in total. The van der Waals surface area contributed by atoms with Crippen molar-refractivity contribution >= 4 is 11.8 Å². The molecule has 7 nitrogen and oxygen atoms in total. The third kappa shape index (κ3) is 5.42. The van der Waals surface area contributed by atoms with Crippen molar-refractivity contribution in [1.82, 2.24) is 25.0 Å². The van der Waals surface area contributed by atoms with Crippen LogP contribution in [0.3, 0.4) is 0 Å². The second-order valence-electron chi connectivity index (χ2n) is 9.08. The van der Waals surface area contributed by atoms with Crippen LogP contribution < -0.4 is 5.32 Å². The predicted octanol–water partition coefficient (Wildman–Crippen LogP) is 4.38. The average molecular weight is 500 g/mol. The molecule has 0 aliphatic carbocycles. The normalized spacial score (nSPS) is 16.5. The fourth-order valence-corrected chi connectivity index (χ4v) is 4.48. The summed E-state index contributed by atoms with van der Waals surface area (Å²) in [4.78, 5) is 31.9. The highest BCUT2D eigenvalue weighted by molar-refractivity contribution is 5.88. The first kappa shape index (κ1) is 25.4. The number of nitrogens with zero attached hydrogens (tertiary/aromatic N) is 4. The molecule has 36 heavy (non-hydrogen) atoms. The molecule has 0 saturated carbocycles. The maximum Gasteiger partial charge on any atom is 0.280 e. The van der Waals surface area contributed by atoms with Crippen LogP contribution in [-0.2, 0) is 16.1 Å². The van der Waals surface area contributed by atoms with Gasteiger partial charge in [-0.25, -0.2) is 13.8 Å². The number of nitrogens with one attached hydrogen (secondary N) is 1. The van der Waals surface area contributed by atoms with Gasteiger partial charge in [0.15, 0.2) is 0 Å². The lowest BCUT2D eigenvalue weighted by molar-refractivity contribution is -0.139. The van der Waals surface area contributed by atoms with Crippen molar-refractivity contribution in [3.05, 3.63) is 83.2 Å². The Morgan fingerprint density at radius 1 is 1.11 bits per heavy atom. The van der Waals surface area contributed by atoms with Gasteiger partial charge >= 0.3 is 0 Å². The second-order valence-corrected chi connectivity index (χ2v) is 9.08. The van der Waals surface area contributed by atoms with E-state index in [1.54, 1.807) is 12.1 Å². The van der Waals surface area contributed by atoms with E-state index in [2.05, 4.69) is 15.4 Å². The number of hydrogen-bond acceptors (Lipinski definition) is 4. The Kier molecular flexibility index (Phi) is 7.71. The Morgan fingerprint density at radius 2 is 1.86 bits per heavy atom. The number of benzene rings is 1. The molecule has 2 aromatic heterocycles. The van der Waals surface area contributed by atoms with Gasteiger partial charge in [0.05, 0.1) is 11.7 Å². The summed E-state index contributed by atoms with van der Waals surface area (Å²) in [6.07, 6.45) is -0.533. The molecule has 0 unspecified atom stereocenters. The summed E-state index contributed by atoms with van der Waals surface area (Å²) in [5.74, 6) is -1.53. The molecule has 190 valence electrons. The number of rotatable bonds is 8. The van der Waals surface area contributed by atoms with Crippen molar-refractivity contribution in [2.24, 2.45) is 0 Å². The topological polar surface area (TPSA) is 80.1 Å². The molecular formula is C26H28F3N5O2. The molecule has 0 bridgehead atoms. The number of pyridine rings is 1. The van der Waals surface area contributed by atoms with Crippen LogP contribution in [0.15, 0.2) is 54.7 Å². The minimum atomic E-state index is -2.76. The van der Waals surface area contributed by atoms with E-state index in [-0.39, 0.29) is 18.2 Å². The highest BCUT2D eigenvalue weighted by atomic mass is 19.3. The number of carbonyl (C=O) groups is 2. The minimum absolute atomic E-state index is 0.0465. The van der Waals surface area contributed by atoms with Crippen LogP contribution in [0.1, 0.15) is 67.6 Å². The van der Waals surface area contributed by atoms with Gasteiger partial charge in [0.2, 0.25) is 17.8 Å². The van der Waals surface area contributed by atoms with Crippen LogP contribution >= 0.6 is 0 Å². The van der Waals surface area contributed by atoms with E-state index in [4.69, 9.17) is 0 Å². The maximum atomic E-state index is 14.7.